The zero-order chi connectivity index (χ0) is 57.8. The average molecular weight is 1120 g/mol. The topological polar surface area (TPSA) is 400 Å². The maximum Gasteiger partial charge on any atom is 0.328 e. The zero-order valence-electron chi connectivity index (χ0n) is 43.6. The average Bonchev–Trinajstić information content (AvgIpc) is 3.42. The molecule has 0 spiro atoms. The summed E-state index contributed by atoms with van der Waals surface area (Å²) in [6, 6.07) is 1.82. The third kappa shape index (κ3) is 18.9. The summed E-state index contributed by atoms with van der Waals surface area (Å²) in [6.07, 6.45) is 2.32. The number of esters is 2. The molecule has 0 saturated heterocycles. The first-order valence-corrected chi connectivity index (χ1v) is 26.0. The molecule has 2 aromatic heterocycles. The van der Waals surface area contributed by atoms with Gasteiger partial charge in [-0.1, -0.05) is 52.0 Å². The Bertz CT molecular complexity index is 2860. The summed E-state index contributed by atoms with van der Waals surface area (Å²) in [4.78, 5) is 161. The molecule has 8 atom stereocenters. The van der Waals surface area contributed by atoms with Crippen molar-refractivity contribution in [3.8, 4) is 0 Å². The Balaban J connectivity index is 1.44. The van der Waals surface area contributed by atoms with Gasteiger partial charge in [0.25, 0.3) is 11.8 Å². The molecule has 2 heterocycles. The van der Waals surface area contributed by atoms with Crippen LogP contribution in [0.5, 0.6) is 0 Å². The molecule has 0 aliphatic heterocycles. The number of nitrogens with two attached hydrogens (primary N) is 1. The first-order valence-electron chi connectivity index (χ1n) is 24.2. The third-order valence-electron chi connectivity index (χ3n) is 11.2. The molecule has 2 aromatic carbocycles. The number of thiol groups is 1. The van der Waals surface area contributed by atoms with Crippen molar-refractivity contribution in [2.24, 2.45) is 17.6 Å². The number of fused-ring (bicyclic) bond motifs is 2. The highest BCUT2D eigenvalue weighted by atomic mass is 32.2. The first-order chi connectivity index (χ1) is 36.9. The molecule has 4 aromatic rings. The molecule has 0 unspecified atom stereocenters. The minimum atomic E-state index is -1.70. The number of benzene rings is 2. The number of ether oxygens (including phenoxy) is 2. The third-order valence-corrected chi connectivity index (χ3v) is 12.5. The Morgan fingerprint density at radius 2 is 1.00 bits per heavy atom. The van der Waals surface area contributed by atoms with Gasteiger partial charge < -0.3 is 62.8 Å². The van der Waals surface area contributed by atoms with Crippen LogP contribution in [0, 0.1) is 11.8 Å². The van der Waals surface area contributed by atoms with E-state index in [0.717, 1.165) is 12.4 Å². The van der Waals surface area contributed by atoms with Crippen molar-refractivity contribution >= 4 is 112 Å². The van der Waals surface area contributed by atoms with Crippen molar-refractivity contribution in [2.45, 2.75) is 96.8 Å². The number of aliphatic carboxylic acids is 1. The number of nitrogens with one attached hydrogen (secondary N) is 8. The highest BCUT2D eigenvalue weighted by molar-refractivity contribution is 7.99. The van der Waals surface area contributed by atoms with Gasteiger partial charge in [-0.15, -0.1) is 11.8 Å². The van der Waals surface area contributed by atoms with Crippen LogP contribution in [0.25, 0.3) is 22.1 Å². The number of rotatable bonds is 28. The summed E-state index contributed by atoms with van der Waals surface area (Å²) < 4.78 is 10.9. The summed E-state index contributed by atoms with van der Waals surface area (Å²) in [6.45, 7) is 8.40. The number of carbonyl (C=O) groups is 11. The number of carbonyl (C=O) groups excluding carboxylic acids is 10. The molecule has 0 fully saturated rings. The molecule has 27 nitrogen and oxygen atoms in total. The zero-order valence-corrected chi connectivity index (χ0v) is 45.3. The summed E-state index contributed by atoms with van der Waals surface area (Å²) in [5.41, 5.74) is 7.24. The van der Waals surface area contributed by atoms with Crippen molar-refractivity contribution in [1.82, 2.24) is 62.5 Å². The Labute approximate surface area is 457 Å². The van der Waals surface area contributed by atoms with Gasteiger partial charge in [0.15, 0.2) is 0 Å². The van der Waals surface area contributed by atoms with Crippen molar-refractivity contribution in [1.29, 1.82) is 0 Å². The number of aromatic nitrogens is 4. The van der Waals surface area contributed by atoms with Gasteiger partial charge in [-0.3, -0.25) is 53.1 Å². The van der Waals surface area contributed by atoms with Crippen LogP contribution >= 0.6 is 24.4 Å². The van der Waals surface area contributed by atoms with E-state index < -0.39 is 133 Å². The summed E-state index contributed by atoms with van der Waals surface area (Å²) in [5, 5.41) is 28.8. The fourth-order valence-electron chi connectivity index (χ4n) is 6.64. The normalized spacial score (nSPS) is 14.2. The number of amides is 8. The smallest absolute Gasteiger partial charge is 0.328 e. The van der Waals surface area contributed by atoms with Crippen LogP contribution in [0.15, 0.2) is 60.9 Å². The lowest BCUT2D eigenvalue weighted by atomic mass is 10.0. The standard InChI is InChI=1S/C49H63N13O14S2/c1-23(2)38(61-41(65)28(50)21-78-22-53-27(7)63)48(73)75-18-35(58-42(66)33-16-51-29-12-8-10-14-31(29)56-33)44(68)54-25(5)40(64)60-37(20-77)46(70)62-39(24(3)4)49(74)76-19-36(45(69)55-26(6)47(71)72)59-43(67)34-17-52-30-13-9-11-15-32(30)57-34/h8-17,23-26,28,35-39,77H,18-22,50H2,1-7H3,(H,53,63)(H,54,68)(H,55,69)(H,58,66)(H,59,67)(H,60,64)(H,61,65)(H,62,70)(H,71,72)/t25-,26-,28-,35+,36+,37-,38-,39-/m0/s1. The maximum atomic E-state index is 13.9. The van der Waals surface area contributed by atoms with Gasteiger partial charge in [0.05, 0.1) is 46.4 Å². The van der Waals surface area contributed by atoms with Gasteiger partial charge in [-0.2, -0.15) is 12.6 Å². The fraction of sp³-hybridized carbons (Fsp3) is 0.449. The number of para-hydroxylation sites is 4. The number of thioether (sulfide) groups is 1. The lowest BCUT2D eigenvalue weighted by Gasteiger charge is -2.26. The van der Waals surface area contributed by atoms with Crippen LogP contribution < -0.4 is 48.3 Å². The van der Waals surface area contributed by atoms with Crippen LogP contribution in [0.1, 0.15) is 69.4 Å². The largest absolute Gasteiger partial charge is 0.480 e. The highest BCUT2D eigenvalue weighted by Crippen LogP contribution is 2.13. The molecule has 78 heavy (non-hydrogen) atoms. The van der Waals surface area contributed by atoms with E-state index in [4.69, 9.17) is 15.2 Å². The molecule has 0 aliphatic carbocycles. The van der Waals surface area contributed by atoms with Crippen LogP contribution in [-0.4, -0.2) is 169 Å². The van der Waals surface area contributed by atoms with E-state index in [9.17, 15) is 57.8 Å². The van der Waals surface area contributed by atoms with Gasteiger partial charge in [0, 0.05) is 18.4 Å². The number of nitrogens with zero attached hydrogens (tertiary/aromatic N) is 4. The van der Waals surface area contributed by atoms with Crippen molar-refractivity contribution < 1.29 is 67.3 Å². The van der Waals surface area contributed by atoms with E-state index >= 15 is 0 Å². The quantitative estimate of drug-likeness (QED) is 0.0133. The molecule has 0 aliphatic rings. The lowest BCUT2D eigenvalue weighted by molar-refractivity contribution is -0.151. The van der Waals surface area contributed by atoms with E-state index in [1.807, 2.05) is 0 Å². The van der Waals surface area contributed by atoms with Gasteiger partial charge in [-0.25, -0.2) is 19.6 Å². The lowest BCUT2D eigenvalue weighted by Crippen LogP contribution is -2.59. The van der Waals surface area contributed by atoms with Gasteiger partial charge in [0.2, 0.25) is 35.4 Å². The molecular formula is C49H63N13O14S2. The van der Waals surface area contributed by atoms with Crippen LogP contribution in [0.4, 0.5) is 0 Å². The molecule has 29 heteroatoms. The van der Waals surface area contributed by atoms with Crippen LogP contribution in [0.2, 0.25) is 0 Å². The Morgan fingerprint density at radius 3 is 1.42 bits per heavy atom. The monoisotopic (exact) mass is 1120 g/mol. The highest BCUT2D eigenvalue weighted by Gasteiger charge is 2.35. The molecule has 0 saturated carbocycles. The molecule has 4 rings (SSSR count). The van der Waals surface area contributed by atoms with E-state index in [-0.39, 0.29) is 34.7 Å². The van der Waals surface area contributed by atoms with Crippen molar-refractivity contribution in [3.05, 3.63) is 72.3 Å². The van der Waals surface area contributed by atoms with Gasteiger partial charge >= 0.3 is 17.9 Å². The minimum Gasteiger partial charge on any atom is -0.480 e. The second kappa shape index (κ2) is 30.0. The SMILES string of the molecule is CC(=O)NCSC[C@H](N)C(=O)N[C@H](C(=O)OC[C@@H](NC(=O)c1cnc2ccccc2n1)C(=O)N[C@@H](C)C(=O)N[C@@H](CS)C(=O)N[C@H](C(=O)OC[C@@H](NC(=O)c1cnc2ccccc2n1)C(=O)N[C@@H](C)C(=O)O)C(C)C)C(C)C. The second-order valence-corrected chi connectivity index (χ2v) is 19.6. The molecule has 0 bridgehead atoms. The molecular weight excluding hydrogens is 1060 g/mol. The van der Waals surface area contributed by atoms with Crippen molar-refractivity contribution in [2.75, 3.05) is 30.6 Å². The van der Waals surface area contributed by atoms with Crippen LogP contribution in [-0.2, 0) is 52.6 Å². The number of hydrogen-bond donors (Lipinski definition) is 11. The molecule has 420 valence electrons. The Kier molecular flexibility index (Phi) is 24.1. The second-order valence-electron chi connectivity index (χ2n) is 18.2. The molecule has 11 N–H and O–H groups in total. The summed E-state index contributed by atoms with van der Waals surface area (Å²) >= 11 is 5.37. The van der Waals surface area contributed by atoms with E-state index in [1.54, 1.807) is 76.2 Å². The van der Waals surface area contributed by atoms with E-state index in [2.05, 4.69) is 75.1 Å². The number of carboxylic acid groups (broad SMARTS) is 1. The fourth-order valence-corrected chi connectivity index (χ4v) is 7.73. The predicted octanol–water partition coefficient (Wildman–Crippen LogP) is -1.50. The Morgan fingerprint density at radius 1 is 0.577 bits per heavy atom. The first kappa shape index (κ1) is 62.5. The maximum absolute atomic E-state index is 13.9. The number of hydrogen-bond acceptors (Lipinski definition) is 20. The summed E-state index contributed by atoms with van der Waals surface area (Å²) in [7, 11) is 0. The molecule has 0 radical (unpaired) electrons. The molecule has 8 amide bonds. The predicted molar refractivity (Wildman–Crippen MR) is 285 cm³/mol. The van der Waals surface area contributed by atoms with E-state index in [0.29, 0.717) is 22.1 Å². The van der Waals surface area contributed by atoms with Gasteiger partial charge in [0.1, 0.15) is 66.9 Å². The van der Waals surface area contributed by atoms with Gasteiger partial charge in [-0.05, 0) is 49.9 Å². The minimum absolute atomic E-state index is 0.0903. The van der Waals surface area contributed by atoms with Crippen LogP contribution in [0.3, 0.4) is 0 Å². The number of carboxylic acids is 1. The van der Waals surface area contributed by atoms with Crippen molar-refractivity contribution in [3.63, 3.8) is 0 Å². The Hall–Kier alpha value is -8.05. The summed E-state index contributed by atoms with van der Waals surface area (Å²) in [5.74, 6) is -11.6. The van der Waals surface area contributed by atoms with E-state index in [1.165, 1.54) is 32.5 Å².